The van der Waals surface area contributed by atoms with Crippen LogP contribution in [0.3, 0.4) is 0 Å². The van der Waals surface area contributed by atoms with Crippen LogP contribution < -0.4 is 5.73 Å². The fourth-order valence-corrected chi connectivity index (χ4v) is 2.87. The lowest BCUT2D eigenvalue weighted by Crippen LogP contribution is -2.54. The number of carbonyl (C=O) groups excluding carboxylic acids is 1. The predicted molar refractivity (Wildman–Crippen MR) is 75.9 cm³/mol. The Balaban J connectivity index is 2.95. The van der Waals surface area contributed by atoms with E-state index in [-0.39, 0.29) is 11.7 Å². The Bertz CT molecular complexity index is 351. The van der Waals surface area contributed by atoms with E-state index in [1.165, 1.54) is 0 Å². The van der Waals surface area contributed by atoms with Gasteiger partial charge in [0.1, 0.15) is 5.41 Å². The summed E-state index contributed by atoms with van der Waals surface area (Å²) in [4.78, 5) is 14.7. The summed E-state index contributed by atoms with van der Waals surface area (Å²) in [6, 6.07) is 0. The molecule has 1 saturated heterocycles. The maximum atomic E-state index is 12.8. The van der Waals surface area contributed by atoms with Crippen LogP contribution in [-0.4, -0.2) is 34.9 Å². The molecule has 1 fully saturated rings. The minimum absolute atomic E-state index is 0.00606. The topological polar surface area (TPSA) is 78.9 Å². The third-order valence-electron chi connectivity index (χ3n) is 4.84. The van der Waals surface area contributed by atoms with Crippen molar-refractivity contribution in [1.82, 2.24) is 4.90 Å². The third-order valence-corrected chi connectivity index (χ3v) is 4.84. The SMILES string of the molecule is CCC(CC)(C(=O)N1CCC(C)C(C)C1)C(N)=NO. The highest BCUT2D eigenvalue weighted by molar-refractivity contribution is 6.06. The molecule has 5 heteroatoms. The molecule has 0 aliphatic carbocycles. The summed E-state index contributed by atoms with van der Waals surface area (Å²) in [5, 5.41) is 12.1. The van der Waals surface area contributed by atoms with Gasteiger partial charge in [-0.25, -0.2) is 0 Å². The summed E-state index contributed by atoms with van der Waals surface area (Å²) in [6.45, 7) is 9.76. The molecule has 0 spiro atoms. The molecule has 0 bridgehead atoms. The van der Waals surface area contributed by atoms with E-state index in [1.807, 2.05) is 18.7 Å². The molecule has 1 rings (SSSR count). The summed E-state index contributed by atoms with van der Waals surface area (Å²) in [6.07, 6.45) is 2.13. The highest BCUT2D eigenvalue weighted by atomic mass is 16.4. The van der Waals surface area contributed by atoms with Crippen LogP contribution in [0.25, 0.3) is 0 Å². The molecule has 1 aliphatic heterocycles. The van der Waals surface area contributed by atoms with Gasteiger partial charge in [0, 0.05) is 13.1 Å². The molecule has 3 N–H and O–H groups in total. The van der Waals surface area contributed by atoms with Gasteiger partial charge < -0.3 is 15.8 Å². The minimum Gasteiger partial charge on any atom is -0.409 e. The van der Waals surface area contributed by atoms with Crippen molar-refractivity contribution in [1.29, 1.82) is 0 Å². The van der Waals surface area contributed by atoms with E-state index in [0.29, 0.717) is 24.7 Å². The van der Waals surface area contributed by atoms with E-state index in [0.717, 1.165) is 19.5 Å². The Kier molecular flexibility index (Phi) is 5.20. The van der Waals surface area contributed by atoms with Crippen LogP contribution in [0.4, 0.5) is 0 Å². The lowest BCUT2D eigenvalue weighted by Gasteiger charge is -2.40. The van der Waals surface area contributed by atoms with Gasteiger partial charge in [0.15, 0.2) is 5.84 Å². The molecular formula is C14H27N3O2. The van der Waals surface area contributed by atoms with Crippen LogP contribution in [0, 0.1) is 17.3 Å². The molecule has 0 radical (unpaired) electrons. The maximum Gasteiger partial charge on any atom is 0.236 e. The molecule has 1 heterocycles. The molecule has 0 aromatic heterocycles. The average molecular weight is 269 g/mol. The second-order valence-electron chi connectivity index (χ2n) is 5.77. The average Bonchev–Trinajstić information content (AvgIpc) is 2.43. The molecule has 0 saturated carbocycles. The normalized spacial score (nSPS) is 25.5. The van der Waals surface area contributed by atoms with Crippen LogP contribution >= 0.6 is 0 Å². The van der Waals surface area contributed by atoms with Gasteiger partial charge in [-0.1, -0.05) is 32.9 Å². The van der Waals surface area contributed by atoms with Crippen molar-refractivity contribution in [3.05, 3.63) is 0 Å². The van der Waals surface area contributed by atoms with Crippen LogP contribution in [0.2, 0.25) is 0 Å². The van der Waals surface area contributed by atoms with Crippen LogP contribution in [0.15, 0.2) is 5.16 Å². The van der Waals surface area contributed by atoms with Crippen molar-refractivity contribution < 1.29 is 10.0 Å². The smallest absolute Gasteiger partial charge is 0.236 e. The molecule has 1 aliphatic rings. The second-order valence-corrected chi connectivity index (χ2v) is 5.77. The lowest BCUT2D eigenvalue weighted by atomic mass is 9.78. The fraction of sp³-hybridized carbons (Fsp3) is 0.857. The highest BCUT2D eigenvalue weighted by Crippen LogP contribution is 2.32. The summed E-state index contributed by atoms with van der Waals surface area (Å²) in [5.41, 5.74) is 4.94. The quantitative estimate of drug-likeness (QED) is 0.355. The van der Waals surface area contributed by atoms with Crippen molar-refractivity contribution in [2.45, 2.75) is 47.0 Å². The largest absolute Gasteiger partial charge is 0.409 e. The third kappa shape index (κ3) is 2.85. The van der Waals surface area contributed by atoms with E-state index >= 15 is 0 Å². The summed E-state index contributed by atoms with van der Waals surface area (Å²) < 4.78 is 0. The second kappa shape index (κ2) is 6.26. The highest BCUT2D eigenvalue weighted by Gasteiger charge is 2.43. The Morgan fingerprint density at radius 1 is 1.37 bits per heavy atom. The molecule has 2 atom stereocenters. The Morgan fingerprint density at radius 3 is 2.37 bits per heavy atom. The maximum absolute atomic E-state index is 12.8. The number of likely N-dealkylation sites (tertiary alicyclic amines) is 1. The van der Waals surface area contributed by atoms with Gasteiger partial charge in [-0.2, -0.15) is 0 Å². The van der Waals surface area contributed by atoms with Gasteiger partial charge in [-0.15, -0.1) is 0 Å². The van der Waals surface area contributed by atoms with E-state index in [9.17, 15) is 4.79 Å². The molecule has 1 amide bonds. The number of hydrogen-bond donors (Lipinski definition) is 2. The molecule has 19 heavy (non-hydrogen) atoms. The first kappa shape index (κ1) is 15.8. The first-order chi connectivity index (χ1) is 8.92. The van der Waals surface area contributed by atoms with E-state index in [4.69, 9.17) is 10.9 Å². The number of nitrogens with two attached hydrogens (primary N) is 1. The van der Waals surface area contributed by atoms with Gasteiger partial charge in [-0.3, -0.25) is 4.79 Å². The zero-order valence-electron chi connectivity index (χ0n) is 12.5. The van der Waals surface area contributed by atoms with Gasteiger partial charge in [-0.05, 0) is 31.1 Å². The van der Waals surface area contributed by atoms with Crippen molar-refractivity contribution in [3.63, 3.8) is 0 Å². The van der Waals surface area contributed by atoms with Gasteiger partial charge >= 0.3 is 0 Å². The predicted octanol–water partition coefficient (Wildman–Crippen LogP) is 2.04. The zero-order chi connectivity index (χ0) is 14.6. The van der Waals surface area contributed by atoms with Crippen LogP contribution in [-0.2, 0) is 4.79 Å². The number of rotatable bonds is 4. The van der Waals surface area contributed by atoms with E-state index in [2.05, 4.69) is 19.0 Å². The summed E-state index contributed by atoms with van der Waals surface area (Å²) >= 11 is 0. The van der Waals surface area contributed by atoms with Crippen molar-refractivity contribution in [2.75, 3.05) is 13.1 Å². The van der Waals surface area contributed by atoms with Crippen molar-refractivity contribution in [2.24, 2.45) is 28.1 Å². The monoisotopic (exact) mass is 269 g/mol. The summed E-state index contributed by atoms with van der Waals surface area (Å²) in [7, 11) is 0. The number of piperidine rings is 1. The number of oxime groups is 1. The number of hydrogen-bond acceptors (Lipinski definition) is 3. The zero-order valence-corrected chi connectivity index (χ0v) is 12.5. The van der Waals surface area contributed by atoms with E-state index < -0.39 is 5.41 Å². The van der Waals surface area contributed by atoms with E-state index in [1.54, 1.807) is 0 Å². The number of amides is 1. The van der Waals surface area contributed by atoms with Crippen LogP contribution in [0.5, 0.6) is 0 Å². The number of carbonyl (C=O) groups is 1. The van der Waals surface area contributed by atoms with Gasteiger partial charge in [0.2, 0.25) is 5.91 Å². The standard InChI is InChI=1S/C14H27N3O2/c1-5-14(6-2,12(15)16-19)13(18)17-8-7-10(3)11(4)9-17/h10-11,19H,5-9H2,1-4H3,(H2,15,16). The van der Waals surface area contributed by atoms with Gasteiger partial charge in [0.05, 0.1) is 0 Å². The molecule has 5 nitrogen and oxygen atoms in total. The molecular weight excluding hydrogens is 242 g/mol. The van der Waals surface area contributed by atoms with Gasteiger partial charge in [0.25, 0.3) is 0 Å². The molecule has 2 unspecified atom stereocenters. The number of amidine groups is 1. The molecule has 0 aromatic carbocycles. The number of nitrogens with zero attached hydrogens (tertiary/aromatic N) is 2. The Morgan fingerprint density at radius 2 is 1.95 bits per heavy atom. The first-order valence-electron chi connectivity index (χ1n) is 7.20. The first-order valence-corrected chi connectivity index (χ1v) is 7.20. The molecule has 110 valence electrons. The minimum atomic E-state index is -0.852. The fourth-order valence-electron chi connectivity index (χ4n) is 2.87. The molecule has 0 aromatic rings. The van der Waals surface area contributed by atoms with Crippen LogP contribution in [0.1, 0.15) is 47.0 Å². The Hall–Kier alpha value is -1.26. The lowest BCUT2D eigenvalue weighted by molar-refractivity contribution is -0.141. The van der Waals surface area contributed by atoms with Crippen molar-refractivity contribution in [3.8, 4) is 0 Å². The summed E-state index contributed by atoms with van der Waals surface area (Å²) in [5.74, 6) is 1.18. The van der Waals surface area contributed by atoms with Crippen molar-refractivity contribution >= 4 is 11.7 Å². The Labute approximate surface area is 115 Å².